The van der Waals surface area contributed by atoms with Crippen molar-refractivity contribution in [2.45, 2.75) is 30.7 Å². The van der Waals surface area contributed by atoms with Crippen LogP contribution in [0.1, 0.15) is 20.3 Å². The van der Waals surface area contributed by atoms with Crippen LogP contribution in [0.5, 0.6) is 0 Å². The average molecular weight is 292 g/mol. The van der Waals surface area contributed by atoms with Crippen LogP contribution in [0.3, 0.4) is 0 Å². The quantitative estimate of drug-likeness (QED) is 0.898. The maximum atomic E-state index is 13.6. The SMILES string of the molecule is CCC(C)(CN)N(C)S(=O)(=O)c1ccc(F)cc1F. The van der Waals surface area contributed by atoms with E-state index in [4.69, 9.17) is 5.73 Å². The maximum Gasteiger partial charge on any atom is 0.246 e. The first-order valence-corrected chi connectivity index (χ1v) is 7.27. The summed E-state index contributed by atoms with van der Waals surface area (Å²) in [5, 5.41) is 0. The number of nitrogens with zero attached hydrogens (tertiary/aromatic N) is 1. The van der Waals surface area contributed by atoms with Crippen LogP contribution in [-0.4, -0.2) is 31.9 Å². The Labute approximate surface area is 112 Å². The number of hydrogen-bond acceptors (Lipinski definition) is 3. The van der Waals surface area contributed by atoms with Crippen LogP contribution < -0.4 is 5.73 Å². The Morgan fingerprint density at radius 1 is 1.37 bits per heavy atom. The molecule has 0 aliphatic heterocycles. The normalized spacial score (nSPS) is 15.5. The number of sulfonamides is 1. The van der Waals surface area contributed by atoms with Crippen LogP contribution in [0.25, 0.3) is 0 Å². The van der Waals surface area contributed by atoms with E-state index < -0.39 is 32.1 Å². The molecule has 0 aliphatic rings. The molecule has 0 aliphatic carbocycles. The van der Waals surface area contributed by atoms with Gasteiger partial charge in [-0.15, -0.1) is 0 Å². The van der Waals surface area contributed by atoms with Crippen molar-refractivity contribution in [3.63, 3.8) is 0 Å². The van der Waals surface area contributed by atoms with Gasteiger partial charge in [-0.2, -0.15) is 4.31 Å². The highest BCUT2D eigenvalue weighted by Gasteiger charge is 2.36. The number of benzene rings is 1. The largest absolute Gasteiger partial charge is 0.329 e. The summed E-state index contributed by atoms with van der Waals surface area (Å²) in [5.41, 5.74) is 4.78. The van der Waals surface area contributed by atoms with Gasteiger partial charge in [0, 0.05) is 25.2 Å². The summed E-state index contributed by atoms with van der Waals surface area (Å²) < 4.78 is 52.2. The van der Waals surface area contributed by atoms with Crippen LogP contribution >= 0.6 is 0 Å². The van der Waals surface area contributed by atoms with E-state index in [1.165, 1.54) is 7.05 Å². The van der Waals surface area contributed by atoms with Crippen LogP contribution in [0.4, 0.5) is 8.78 Å². The Morgan fingerprint density at radius 3 is 2.37 bits per heavy atom. The minimum atomic E-state index is -4.06. The van der Waals surface area contributed by atoms with Crippen molar-refractivity contribution in [1.82, 2.24) is 4.31 Å². The van der Waals surface area contributed by atoms with Crippen molar-refractivity contribution in [3.05, 3.63) is 29.8 Å². The van der Waals surface area contributed by atoms with Gasteiger partial charge in [0.25, 0.3) is 0 Å². The molecular weight excluding hydrogens is 274 g/mol. The highest BCUT2D eigenvalue weighted by Crippen LogP contribution is 2.26. The lowest BCUT2D eigenvalue weighted by Crippen LogP contribution is -2.51. The molecule has 2 N–H and O–H groups in total. The van der Waals surface area contributed by atoms with Gasteiger partial charge < -0.3 is 5.73 Å². The van der Waals surface area contributed by atoms with Crippen molar-refractivity contribution in [1.29, 1.82) is 0 Å². The topological polar surface area (TPSA) is 63.4 Å². The Kier molecular flexibility index (Phi) is 4.65. The van der Waals surface area contributed by atoms with E-state index in [1.807, 2.05) is 0 Å². The first kappa shape index (κ1) is 16.0. The Hall–Kier alpha value is -1.05. The zero-order chi connectivity index (χ0) is 14.8. The minimum absolute atomic E-state index is 0.0992. The maximum absolute atomic E-state index is 13.6. The van der Waals surface area contributed by atoms with E-state index in [2.05, 4.69) is 0 Å². The standard InChI is InChI=1S/C12H18F2N2O2S/c1-4-12(2,8-15)16(3)19(17,18)11-6-5-9(13)7-10(11)14/h5-7H,4,8,15H2,1-3H3. The molecule has 0 bridgehead atoms. The van der Waals surface area contributed by atoms with E-state index in [9.17, 15) is 17.2 Å². The lowest BCUT2D eigenvalue weighted by Gasteiger charge is -2.36. The second-order valence-corrected chi connectivity index (χ2v) is 6.54. The average Bonchev–Trinajstić information content (AvgIpc) is 2.36. The fourth-order valence-electron chi connectivity index (χ4n) is 1.62. The van der Waals surface area contributed by atoms with E-state index >= 15 is 0 Å². The Bertz CT molecular complexity index is 557. The fraction of sp³-hybridized carbons (Fsp3) is 0.500. The molecule has 0 spiro atoms. The van der Waals surface area contributed by atoms with Crippen molar-refractivity contribution in [3.8, 4) is 0 Å². The molecule has 4 nitrogen and oxygen atoms in total. The molecule has 19 heavy (non-hydrogen) atoms. The fourth-order valence-corrected chi connectivity index (χ4v) is 3.24. The highest BCUT2D eigenvalue weighted by atomic mass is 32.2. The van der Waals surface area contributed by atoms with Gasteiger partial charge in [-0.25, -0.2) is 17.2 Å². The lowest BCUT2D eigenvalue weighted by atomic mass is 10.00. The van der Waals surface area contributed by atoms with E-state index in [0.29, 0.717) is 12.5 Å². The zero-order valence-corrected chi connectivity index (χ0v) is 12.0. The first-order valence-electron chi connectivity index (χ1n) is 5.83. The summed E-state index contributed by atoms with van der Waals surface area (Å²) >= 11 is 0. The summed E-state index contributed by atoms with van der Waals surface area (Å²) in [6.07, 6.45) is 0.474. The van der Waals surface area contributed by atoms with Gasteiger partial charge in [0.1, 0.15) is 16.5 Å². The number of hydrogen-bond donors (Lipinski definition) is 1. The molecule has 0 saturated carbocycles. The van der Waals surface area contributed by atoms with Crippen molar-refractivity contribution >= 4 is 10.0 Å². The van der Waals surface area contributed by atoms with Gasteiger partial charge in [0.2, 0.25) is 10.0 Å². The number of likely N-dealkylation sites (N-methyl/N-ethyl adjacent to an activating group) is 1. The van der Waals surface area contributed by atoms with E-state index in [-0.39, 0.29) is 6.54 Å². The molecule has 1 aromatic carbocycles. The molecule has 0 fully saturated rings. The number of rotatable bonds is 5. The second-order valence-electron chi connectivity index (χ2n) is 4.60. The number of nitrogens with two attached hydrogens (primary N) is 1. The molecule has 0 heterocycles. The van der Waals surface area contributed by atoms with Crippen LogP contribution in [0.15, 0.2) is 23.1 Å². The summed E-state index contributed by atoms with van der Waals surface area (Å²) in [5.74, 6) is -1.93. The molecule has 0 radical (unpaired) electrons. The third kappa shape index (κ3) is 2.93. The summed E-state index contributed by atoms with van der Waals surface area (Å²) in [6, 6.07) is 2.38. The smallest absolute Gasteiger partial charge is 0.246 e. The van der Waals surface area contributed by atoms with Gasteiger partial charge >= 0.3 is 0 Å². The Morgan fingerprint density at radius 2 is 1.95 bits per heavy atom. The van der Waals surface area contributed by atoms with E-state index in [0.717, 1.165) is 16.4 Å². The van der Waals surface area contributed by atoms with Crippen molar-refractivity contribution in [2.75, 3.05) is 13.6 Å². The van der Waals surface area contributed by atoms with Crippen molar-refractivity contribution < 1.29 is 17.2 Å². The van der Waals surface area contributed by atoms with Gasteiger partial charge in [-0.05, 0) is 25.5 Å². The molecule has 0 amide bonds. The second kappa shape index (κ2) is 5.52. The molecular formula is C12H18F2N2O2S. The molecule has 1 aromatic rings. The third-order valence-electron chi connectivity index (χ3n) is 3.49. The molecule has 0 saturated heterocycles. The third-order valence-corrected chi connectivity index (χ3v) is 5.54. The van der Waals surface area contributed by atoms with Gasteiger partial charge in [-0.1, -0.05) is 6.92 Å². The summed E-state index contributed by atoms with van der Waals surface area (Å²) in [7, 11) is -2.71. The number of halogens is 2. The van der Waals surface area contributed by atoms with Crippen molar-refractivity contribution in [2.24, 2.45) is 5.73 Å². The molecule has 1 unspecified atom stereocenters. The summed E-state index contributed by atoms with van der Waals surface area (Å²) in [4.78, 5) is -0.551. The highest BCUT2D eigenvalue weighted by molar-refractivity contribution is 7.89. The minimum Gasteiger partial charge on any atom is -0.329 e. The summed E-state index contributed by atoms with van der Waals surface area (Å²) in [6.45, 7) is 3.56. The molecule has 1 rings (SSSR count). The Balaban J connectivity index is 3.31. The first-order chi connectivity index (χ1) is 8.69. The van der Waals surface area contributed by atoms with Crippen LogP contribution in [0, 0.1) is 11.6 Å². The predicted molar refractivity (Wildman–Crippen MR) is 69.1 cm³/mol. The van der Waals surface area contributed by atoms with Crippen LogP contribution in [-0.2, 0) is 10.0 Å². The molecule has 108 valence electrons. The van der Waals surface area contributed by atoms with Gasteiger partial charge in [0.15, 0.2) is 0 Å². The van der Waals surface area contributed by atoms with Gasteiger partial charge in [0.05, 0.1) is 0 Å². The molecule has 0 aromatic heterocycles. The van der Waals surface area contributed by atoms with E-state index in [1.54, 1.807) is 13.8 Å². The zero-order valence-electron chi connectivity index (χ0n) is 11.2. The van der Waals surface area contributed by atoms with Gasteiger partial charge in [-0.3, -0.25) is 0 Å². The lowest BCUT2D eigenvalue weighted by molar-refractivity contribution is 0.239. The van der Waals surface area contributed by atoms with Crippen LogP contribution in [0.2, 0.25) is 0 Å². The predicted octanol–water partition coefficient (Wildman–Crippen LogP) is 1.71. The molecule has 7 heteroatoms. The monoisotopic (exact) mass is 292 g/mol. The molecule has 1 atom stereocenters.